The van der Waals surface area contributed by atoms with Crippen LogP contribution in [0.5, 0.6) is 0 Å². The molecule has 0 heterocycles. The molecule has 5 heteroatoms. The summed E-state index contributed by atoms with van der Waals surface area (Å²) in [5.74, 6) is 0. The van der Waals surface area contributed by atoms with E-state index >= 15 is 0 Å². The molecule has 1 rings (SSSR count). The predicted octanol–water partition coefficient (Wildman–Crippen LogP) is 2.67. The molecule has 1 unspecified atom stereocenters. The molecule has 1 aromatic rings. The van der Waals surface area contributed by atoms with Crippen molar-refractivity contribution in [3.05, 3.63) is 28.7 Å². The summed E-state index contributed by atoms with van der Waals surface area (Å²) >= 11 is 8.60. The molecule has 1 aromatic carbocycles. The summed E-state index contributed by atoms with van der Waals surface area (Å²) in [6.07, 6.45) is 0. The van der Waals surface area contributed by atoms with Crippen molar-refractivity contribution in [1.29, 1.82) is 0 Å². The van der Waals surface area contributed by atoms with E-state index in [0.717, 1.165) is 4.47 Å². The molecule has 0 radical (unpaired) electrons. The van der Waals surface area contributed by atoms with Crippen LogP contribution < -0.4 is 0 Å². The number of hydrogen-bond acceptors (Lipinski definition) is 2. The molecule has 0 aromatic heterocycles. The Bertz CT molecular complexity index is 332. The van der Waals surface area contributed by atoms with Crippen LogP contribution in [0.2, 0.25) is 0 Å². The predicted molar refractivity (Wildman–Crippen MR) is 55.1 cm³/mol. The van der Waals surface area contributed by atoms with Gasteiger partial charge in [0.2, 0.25) is 0 Å². The van der Waals surface area contributed by atoms with Crippen LogP contribution in [0.1, 0.15) is 0 Å². The van der Waals surface area contributed by atoms with E-state index in [9.17, 15) is 4.21 Å². The van der Waals surface area contributed by atoms with Crippen LogP contribution in [0.3, 0.4) is 0 Å². The van der Waals surface area contributed by atoms with Gasteiger partial charge in [0.25, 0.3) is 0 Å². The first-order chi connectivity index (χ1) is 5.74. The van der Waals surface area contributed by atoms with Gasteiger partial charge in [0, 0.05) is 9.37 Å². The summed E-state index contributed by atoms with van der Waals surface area (Å²) in [5, 5.41) is 0. The zero-order valence-electron chi connectivity index (χ0n) is 6.08. The Balaban J connectivity index is 2.98. The molecule has 2 nitrogen and oxygen atoms in total. The first-order valence-corrected chi connectivity index (χ1v) is 5.74. The Morgan fingerprint density at radius 1 is 1.42 bits per heavy atom. The Hall–Kier alpha value is -0.0600. The molecule has 1 atom stereocenters. The molecule has 0 spiro atoms. The molecule has 0 bridgehead atoms. The number of thiol groups is 1. The van der Waals surface area contributed by atoms with Crippen molar-refractivity contribution in [2.45, 2.75) is 4.90 Å². The minimum absolute atomic E-state index is 0.0747. The third-order valence-electron chi connectivity index (χ3n) is 1.23. The molecule has 0 aliphatic heterocycles. The maximum atomic E-state index is 11.2. The Morgan fingerprint density at radius 2 is 2.00 bits per heavy atom. The van der Waals surface area contributed by atoms with Crippen LogP contribution in [0.25, 0.3) is 0 Å². The quantitative estimate of drug-likeness (QED) is 0.499. The minimum atomic E-state index is -1.67. The van der Waals surface area contributed by atoms with Gasteiger partial charge in [0.15, 0.2) is 0 Å². The molecular formula is C7H7BrClNOS. The first-order valence-electron chi connectivity index (χ1n) is 3.20. The minimum Gasteiger partial charge on any atom is -0.248 e. The lowest BCUT2D eigenvalue weighted by Crippen LogP contribution is -1.79. The second-order valence-electron chi connectivity index (χ2n) is 2.01. The number of hydrogen-bond donors (Lipinski definition) is 1. The van der Waals surface area contributed by atoms with Gasteiger partial charge < -0.3 is 0 Å². The lowest BCUT2D eigenvalue weighted by molar-refractivity contribution is 0.688. The summed E-state index contributed by atoms with van der Waals surface area (Å²) in [6.45, 7) is 0. The zero-order chi connectivity index (χ0) is 8.97. The van der Waals surface area contributed by atoms with Crippen molar-refractivity contribution < 1.29 is 4.21 Å². The second-order valence-corrected chi connectivity index (χ2v) is 4.51. The van der Waals surface area contributed by atoms with Crippen LogP contribution in [0.15, 0.2) is 38.0 Å². The SMILES string of the molecule is O=[SH](=N\CCl)/c1ccc(Br)cc1. The van der Waals surface area contributed by atoms with Gasteiger partial charge in [-0.2, -0.15) is 0 Å². The van der Waals surface area contributed by atoms with Crippen molar-refractivity contribution in [2.24, 2.45) is 4.36 Å². The maximum Gasteiger partial charge on any atom is 0.122 e. The molecule has 0 N–H and O–H groups in total. The second kappa shape index (κ2) is 4.84. The van der Waals surface area contributed by atoms with E-state index in [2.05, 4.69) is 20.3 Å². The highest BCUT2D eigenvalue weighted by Gasteiger charge is 1.91. The molecule has 0 saturated carbocycles. The van der Waals surface area contributed by atoms with Crippen molar-refractivity contribution in [3.8, 4) is 0 Å². The number of rotatable bonds is 2. The topological polar surface area (TPSA) is 29.4 Å². The number of nitrogens with zero attached hydrogens (tertiary/aromatic N) is 1. The van der Waals surface area contributed by atoms with Crippen molar-refractivity contribution in [3.63, 3.8) is 0 Å². The van der Waals surface area contributed by atoms with Gasteiger partial charge in [0.1, 0.15) is 6.00 Å². The van der Waals surface area contributed by atoms with E-state index in [4.69, 9.17) is 11.6 Å². The standard InChI is InChI=1S/C7H7BrClNOS/c8-6-1-3-7(4-2-6)12(11)10-5-9/h1-4,12H,5H2. The maximum absolute atomic E-state index is 11.2. The van der Waals surface area contributed by atoms with Crippen LogP contribution >= 0.6 is 27.5 Å². The monoisotopic (exact) mass is 267 g/mol. The molecule has 12 heavy (non-hydrogen) atoms. The molecule has 0 aliphatic carbocycles. The van der Waals surface area contributed by atoms with Gasteiger partial charge in [-0.25, -0.2) is 8.57 Å². The average molecular weight is 269 g/mol. The van der Waals surface area contributed by atoms with Gasteiger partial charge in [-0.15, -0.1) is 11.6 Å². The third kappa shape index (κ3) is 2.77. The Labute approximate surface area is 86.3 Å². The highest BCUT2D eigenvalue weighted by Crippen LogP contribution is 2.11. The van der Waals surface area contributed by atoms with Gasteiger partial charge in [-0.1, -0.05) is 15.9 Å². The van der Waals surface area contributed by atoms with Gasteiger partial charge in [-0.3, -0.25) is 0 Å². The fourth-order valence-corrected chi connectivity index (χ4v) is 1.92. The first kappa shape index (κ1) is 10.0. The smallest absolute Gasteiger partial charge is 0.122 e. The van der Waals surface area contributed by atoms with Crippen molar-refractivity contribution >= 4 is 38.1 Å². The lowest BCUT2D eigenvalue weighted by atomic mass is 10.4. The Kier molecular flexibility index (Phi) is 4.05. The molecular weight excluding hydrogens is 262 g/mol. The summed E-state index contributed by atoms with van der Waals surface area (Å²) < 4.78 is 15.9. The average Bonchev–Trinajstić information content (AvgIpc) is 2.06. The van der Waals surface area contributed by atoms with Crippen LogP contribution in [-0.2, 0) is 10.6 Å². The summed E-state index contributed by atoms with van der Waals surface area (Å²) in [7, 11) is -1.67. The zero-order valence-corrected chi connectivity index (χ0v) is 9.31. The number of benzene rings is 1. The van der Waals surface area contributed by atoms with E-state index in [1.54, 1.807) is 12.1 Å². The largest absolute Gasteiger partial charge is 0.248 e. The normalized spacial score (nSPS) is 13.2. The third-order valence-corrected chi connectivity index (χ3v) is 3.18. The van der Waals surface area contributed by atoms with Gasteiger partial charge in [-0.05, 0) is 24.3 Å². The molecule has 0 fully saturated rings. The number of alkyl halides is 1. The summed E-state index contributed by atoms with van der Waals surface area (Å²) in [5.41, 5.74) is 0. The molecule has 66 valence electrons. The summed E-state index contributed by atoms with van der Waals surface area (Å²) in [4.78, 5) is 0.703. The van der Waals surface area contributed by atoms with E-state index in [0.29, 0.717) is 4.90 Å². The fourth-order valence-electron chi connectivity index (χ4n) is 0.699. The van der Waals surface area contributed by atoms with Gasteiger partial charge >= 0.3 is 0 Å². The lowest BCUT2D eigenvalue weighted by Gasteiger charge is -1.92. The highest BCUT2D eigenvalue weighted by atomic mass is 79.9. The van der Waals surface area contributed by atoms with Gasteiger partial charge in [0.05, 0.1) is 10.6 Å². The van der Waals surface area contributed by atoms with Crippen LogP contribution in [0.4, 0.5) is 0 Å². The molecule has 0 saturated heterocycles. The molecule has 0 amide bonds. The number of halogens is 2. The van der Waals surface area contributed by atoms with Crippen molar-refractivity contribution in [1.82, 2.24) is 0 Å². The Morgan fingerprint density at radius 3 is 2.50 bits per heavy atom. The fraction of sp³-hybridized carbons (Fsp3) is 0.143. The van der Waals surface area contributed by atoms with E-state index in [1.165, 1.54) is 0 Å². The summed E-state index contributed by atoms with van der Waals surface area (Å²) in [6, 6.07) is 7.25. The van der Waals surface area contributed by atoms with Crippen LogP contribution in [-0.4, -0.2) is 10.2 Å². The van der Waals surface area contributed by atoms with Crippen molar-refractivity contribution in [2.75, 3.05) is 6.00 Å². The highest BCUT2D eigenvalue weighted by molar-refractivity contribution is 9.10. The van der Waals surface area contributed by atoms with E-state index < -0.39 is 10.6 Å². The molecule has 0 aliphatic rings. The van der Waals surface area contributed by atoms with E-state index in [-0.39, 0.29) is 6.00 Å². The van der Waals surface area contributed by atoms with Crippen LogP contribution in [0, 0.1) is 0 Å². The van der Waals surface area contributed by atoms with E-state index in [1.807, 2.05) is 12.1 Å².